The van der Waals surface area contributed by atoms with Crippen LogP contribution in [0.1, 0.15) is 31.8 Å². The molecule has 1 heterocycles. The van der Waals surface area contributed by atoms with Crippen LogP contribution in [0.4, 0.5) is 11.4 Å². The molecule has 0 atom stereocenters. The third kappa shape index (κ3) is 1.96. The van der Waals surface area contributed by atoms with Crippen LogP contribution in [-0.4, -0.2) is 16.7 Å². The molecule has 6 heteroatoms. The Hall–Kier alpha value is -3.02. The van der Waals surface area contributed by atoms with Crippen LogP contribution in [0.25, 0.3) is 0 Å². The minimum Gasteiger partial charge on any atom is -0.268 e. The van der Waals surface area contributed by atoms with E-state index < -0.39 is 16.7 Å². The molecule has 0 spiro atoms. The molecule has 0 aromatic heterocycles. The number of imide groups is 1. The predicted molar refractivity (Wildman–Crippen MR) is 80.2 cm³/mol. The number of nitro benzene ring substituents is 1. The molecule has 0 N–H and O–H groups in total. The number of hydrogen-bond acceptors (Lipinski definition) is 4. The first-order valence-corrected chi connectivity index (χ1v) is 6.64. The molecule has 1 aliphatic rings. The van der Waals surface area contributed by atoms with Crippen molar-refractivity contribution in [2.24, 2.45) is 0 Å². The van der Waals surface area contributed by atoms with Gasteiger partial charge >= 0.3 is 0 Å². The summed E-state index contributed by atoms with van der Waals surface area (Å²) >= 11 is 0. The Kier molecular flexibility index (Phi) is 3.02. The summed E-state index contributed by atoms with van der Waals surface area (Å²) < 4.78 is 0. The molecule has 0 unspecified atom stereocenters. The quantitative estimate of drug-likeness (QED) is 0.484. The van der Waals surface area contributed by atoms with Gasteiger partial charge in [-0.1, -0.05) is 12.1 Å². The highest BCUT2D eigenvalue weighted by Crippen LogP contribution is 2.32. The average molecular weight is 296 g/mol. The standard InChI is InChI=1S/C16H12N2O4/c1-9-3-4-10(2)14(7-9)17-15(19)12-6-5-11(18(21)22)8-13(12)16(17)20/h3-8H,1-2H3. The lowest BCUT2D eigenvalue weighted by Gasteiger charge is -2.17. The number of rotatable bonds is 2. The van der Waals surface area contributed by atoms with Crippen molar-refractivity contribution in [3.05, 3.63) is 68.8 Å². The molecule has 0 aliphatic carbocycles. The average Bonchev–Trinajstić information content (AvgIpc) is 2.73. The third-order valence-corrected chi connectivity index (χ3v) is 3.69. The number of carbonyl (C=O) groups excluding carboxylic acids is 2. The van der Waals surface area contributed by atoms with Crippen molar-refractivity contribution >= 4 is 23.2 Å². The topological polar surface area (TPSA) is 80.5 Å². The van der Waals surface area contributed by atoms with E-state index >= 15 is 0 Å². The number of hydrogen-bond donors (Lipinski definition) is 0. The van der Waals surface area contributed by atoms with Crippen LogP contribution >= 0.6 is 0 Å². The summed E-state index contributed by atoms with van der Waals surface area (Å²) in [6, 6.07) is 9.19. The molecule has 2 aromatic carbocycles. The lowest BCUT2D eigenvalue weighted by Crippen LogP contribution is -2.30. The van der Waals surface area contributed by atoms with Crippen molar-refractivity contribution in [1.29, 1.82) is 0 Å². The number of amides is 2. The van der Waals surface area contributed by atoms with Gasteiger partial charge in [-0.2, -0.15) is 0 Å². The van der Waals surface area contributed by atoms with Gasteiger partial charge in [-0.15, -0.1) is 0 Å². The zero-order chi connectivity index (χ0) is 16.0. The van der Waals surface area contributed by atoms with E-state index in [-0.39, 0.29) is 16.8 Å². The fourth-order valence-corrected chi connectivity index (χ4v) is 2.52. The van der Waals surface area contributed by atoms with Gasteiger partial charge in [-0.3, -0.25) is 19.7 Å². The Bertz CT molecular complexity index is 842. The maximum atomic E-state index is 12.5. The van der Waals surface area contributed by atoms with E-state index in [1.165, 1.54) is 12.1 Å². The fraction of sp³-hybridized carbons (Fsp3) is 0.125. The van der Waals surface area contributed by atoms with Crippen molar-refractivity contribution in [3.8, 4) is 0 Å². The molecule has 0 saturated carbocycles. The fourth-order valence-electron chi connectivity index (χ4n) is 2.52. The zero-order valence-corrected chi connectivity index (χ0v) is 12.0. The number of anilines is 1. The second kappa shape index (κ2) is 4.77. The lowest BCUT2D eigenvalue weighted by atomic mass is 10.1. The number of aryl methyl sites for hydroxylation is 2. The minimum absolute atomic E-state index is 0.0695. The van der Waals surface area contributed by atoms with Crippen LogP contribution in [0.2, 0.25) is 0 Å². The molecular formula is C16H12N2O4. The van der Waals surface area contributed by atoms with Crippen molar-refractivity contribution < 1.29 is 14.5 Å². The lowest BCUT2D eigenvalue weighted by molar-refractivity contribution is -0.384. The van der Waals surface area contributed by atoms with Gasteiger partial charge in [0.25, 0.3) is 17.5 Å². The van der Waals surface area contributed by atoms with Gasteiger partial charge in [0.05, 0.1) is 21.7 Å². The Morgan fingerprint density at radius 3 is 2.32 bits per heavy atom. The van der Waals surface area contributed by atoms with E-state index in [0.717, 1.165) is 22.1 Å². The van der Waals surface area contributed by atoms with Crippen molar-refractivity contribution in [1.82, 2.24) is 0 Å². The van der Waals surface area contributed by atoms with Gasteiger partial charge < -0.3 is 0 Å². The van der Waals surface area contributed by atoms with Crippen molar-refractivity contribution in [2.75, 3.05) is 4.90 Å². The second-order valence-corrected chi connectivity index (χ2v) is 5.22. The largest absolute Gasteiger partial charge is 0.270 e. The van der Waals surface area contributed by atoms with Gasteiger partial charge in [0.15, 0.2) is 0 Å². The molecule has 3 rings (SSSR count). The molecule has 0 fully saturated rings. The summed E-state index contributed by atoms with van der Waals surface area (Å²) in [5.74, 6) is -0.985. The van der Waals surface area contributed by atoms with Gasteiger partial charge in [-0.05, 0) is 37.1 Å². The molecular weight excluding hydrogens is 284 g/mol. The van der Waals surface area contributed by atoms with Crippen molar-refractivity contribution in [3.63, 3.8) is 0 Å². The molecule has 2 aromatic rings. The first-order chi connectivity index (χ1) is 10.4. The summed E-state index contributed by atoms with van der Waals surface area (Å²) in [6.07, 6.45) is 0. The van der Waals surface area contributed by atoms with E-state index in [9.17, 15) is 19.7 Å². The van der Waals surface area contributed by atoms with E-state index in [1.54, 1.807) is 13.0 Å². The first kappa shape index (κ1) is 13.9. The highest BCUT2D eigenvalue weighted by Gasteiger charge is 2.38. The molecule has 2 amide bonds. The predicted octanol–water partition coefficient (Wildman–Crippen LogP) is 3.01. The SMILES string of the molecule is Cc1ccc(C)c(N2C(=O)c3ccc([N+](=O)[O-])cc3C2=O)c1. The smallest absolute Gasteiger partial charge is 0.268 e. The molecule has 110 valence electrons. The zero-order valence-electron chi connectivity index (χ0n) is 12.0. The maximum Gasteiger partial charge on any atom is 0.270 e. The summed E-state index contributed by atoms with van der Waals surface area (Å²) in [5.41, 5.74) is 2.27. The maximum absolute atomic E-state index is 12.5. The Morgan fingerprint density at radius 2 is 1.64 bits per heavy atom. The molecule has 0 radical (unpaired) electrons. The molecule has 22 heavy (non-hydrogen) atoms. The summed E-state index contributed by atoms with van der Waals surface area (Å²) in [7, 11) is 0. The summed E-state index contributed by atoms with van der Waals surface area (Å²) in [4.78, 5) is 36.3. The number of carbonyl (C=O) groups is 2. The highest BCUT2D eigenvalue weighted by atomic mass is 16.6. The van der Waals surface area contributed by atoms with Crippen LogP contribution in [-0.2, 0) is 0 Å². The van der Waals surface area contributed by atoms with Crippen LogP contribution in [0.3, 0.4) is 0 Å². The Labute approximate surface area is 126 Å². The second-order valence-electron chi connectivity index (χ2n) is 5.22. The highest BCUT2D eigenvalue weighted by molar-refractivity contribution is 6.34. The molecule has 1 aliphatic heterocycles. The minimum atomic E-state index is -0.585. The third-order valence-electron chi connectivity index (χ3n) is 3.69. The molecule has 6 nitrogen and oxygen atoms in total. The van der Waals surface area contributed by atoms with Gasteiger partial charge in [0.2, 0.25) is 0 Å². The molecule has 0 saturated heterocycles. The van der Waals surface area contributed by atoms with Gasteiger partial charge in [0.1, 0.15) is 0 Å². The monoisotopic (exact) mass is 296 g/mol. The number of nitro groups is 1. The Balaban J connectivity index is 2.14. The van der Waals surface area contributed by atoms with Crippen LogP contribution in [0.5, 0.6) is 0 Å². The van der Waals surface area contributed by atoms with Crippen LogP contribution in [0, 0.1) is 24.0 Å². The molecule has 0 bridgehead atoms. The summed E-state index contributed by atoms with van der Waals surface area (Å²) in [6.45, 7) is 3.67. The van der Waals surface area contributed by atoms with Gasteiger partial charge in [-0.25, -0.2) is 4.90 Å². The van der Waals surface area contributed by atoms with E-state index in [2.05, 4.69) is 0 Å². The van der Waals surface area contributed by atoms with E-state index in [1.807, 2.05) is 19.1 Å². The number of fused-ring (bicyclic) bond motifs is 1. The normalized spacial score (nSPS) is 13.5. The number of non-ortho nitro benzene ring substituents is 1. The van der Waals surface area contributed by atoms with Gasteiger partial charge in [0, 0.05) is 12.1 Å². The first-order valence-electron chi connectivity index (χ1n) is 6.64. The van der Waals surface area contributed by atoms with Crippen molar-refractivity contribution in [2.45, 2.75) is 13.8 Å². The Morgan fingerprint density at radius 1 is 0.955 bits per heavy atom. The van der Waals surface area contributed by atoms with Crippen LogP contribution < -0.4 is 4.90 Å². The number of nitrogens with zero attached hydrogens (tertiary/aromatic N) is 2. The van der Waals surface area contributed by atoms with Crippen LogP contribution in [0.15, 0.2) is 36.4 Å². The van der Waals surface area contributed by atoms with E-state index in [0.29, 0.717) is 5.69 Å². The summed E-state index contributed by atoms with van der Waals surface area (Å²) in [5, 5.41) is 10.8. The van der Waals surface area contributed by atoms with E-state index in [4.69, 9.17) is 0 Å². The number of benzene rings is 2.